The summed E-state index contributed by atoms with van der Waals surface area (Å²) < 4.78 is 54.9. The highest BCUT2D eigenvalue weighted by molar-refractivity contribution is 5.82. The molecule has 0 spiro atoms. The first-order valence-electron chi connectivity index (χ1n) is 11.6. The highest BCUT2D eigenvalue weighted by Crippen LogP contribution is 2.41. The van der Waals surface area contributed by atoms with Crippen molar-refractivity contribution in [2.24, 2.45) is 5.73 Å². The molecule has 3 aromatic heterocycles. The third kappa shape index (κ3) is 4.86. The quantitative estimate of drug-likeness (QED) is 0.384. The summed E-state index contributed by atoms with van der Waals surface area (Å²) in [4.78, 5) is 6.09. The lowest BCUT2D eigenvalue weighted by molar-refractivity contribution is -0.184. The van der Waals surface area contributed by atoms with Crippen LogP contribution >= 0.6 is 0 Å². The molecule has 5 rings (SSSR count). The fourth-order valence-electron chi connectivity index (χ4n) is 4.65. The molecule has 0 bridgehead atoms. The van der Waals surface area contributed by atoms with E-state index in [0.29, 0.717) is 48.1 Å². The van der Waals surface area contributed by atoms with Crippen LogP contribution < -0.4 is 10.5 Å². The Kier molecular flexibility index (Phi) is 6.31. The number of aromatic nitrogens is 4. The summed E-state index contributed by atoms with van der Waals surface area (Å²) in [5.41, 5.74) is 7.16. The molecule has 2 atom stereocenters. The monoisotopic (exact) mass is 500 g/mol. The number of hydrogen-bond acceptors (Lipinski definition) is 7. The average molecular weight is 501 g/mol. The largest absolute Gasteiger partial charge is 0.491 e. The van der Waals surface area contributed by atoms with Crippen LogP contribution in [0, 0.1) is 0 Å². The summed E-state index contributed by atoms with van der Waals surface area (Å²) in [6.07, 6.45) is -2.52. The number of nitrogens with two attached hydrogens (primary N) is 1. The second-order valence-corrected chi connectivity index (χ2v) is 9.43. The number of fused-ring (bicyclic) bond motifs is 2. The van der Waals surface area contributed by atoms with Crippen molar-refractivity contribution in [3.63, 3.8) is 0 Å². The summed E-state index contributed by atoms with van der Waals surface area (Å²) in [5, 5.41) is 9.26. The van der Waals surface area contributed by atoms with Gasteiger partial charge < -0.3 is 15.2 Å². The SMILES string of the molecule is COCCOc1ccc2ccc(-c3nnc4ccc([C@@H](N5CC[C@](C)(N)C5)C(F)(F)F)cn34)nc2c1. The molecule has 190 valence electrons. The molecule has 2 N–H and O–H groups in total. The Morgan fingerprint density at radius 3 is 2.64 bits per heavy atom. The third-order valence-corrected chi connectivity index (χ3v) is 6.40. The zero-order valence-corrected chi connectivity index (χ0v) is 20.0. The van der Waals surface area contributed by atoms with Crippen molar-refractivity contribution < 1.29 is 22.6 Å². The standard InChI is InChI=1S/C25H27F3N6O2/c1-24(29)9-10-33(15-24)22(25(26,27)28)17-5-8-21-31-32-23(34(21)14-17)19-7-4-16-3-6-18(13-20(16)30-19)36-12-11-35-2/h3-8,13-14,22H,9-12,15,29H2,1-2H3/t22-,24+/m1/s1. The Hall–Kier alpha value is -3.28. The number of alkyl halides is 3. The van der Waals surface area contributed by atoms with Gasteiger partial charge in [-0.1, -0.05) is 12.1 Å². The molecule has 0 amide bonds. The number of halogens is 3. The maximum absolute atomic E-state index is 14.2. The summed E-state index contributed by atoms with van der Waals surface area (Å²) >= 11 is 0. The van der Waals surface area contributed by atoms with Gasteiger partial charge in [0.1, 0.15) is 24.1 Å². The van der Waals surface area contributed by atoms with E-state index in [0.717, 1.165) is 5.39 Å². The van der Waals surface area contributed by atoms with Gasteiger partial charge in [0.15, 0.2) is 11.5 Å². The number of rotatable bonds is 7. The number of ether oxygens (including phenoxy) is 2. The first kappa shape index (κ1) is 24.4. The Labute approximate surface area is 205 Å². The molecule has 1 aliphatic rings. The number of likely N-dealkylation sites (tertiary alicyclic amines) is 1. The fourth-order valence-corrected chi connectivity index (χ4v) is 4.65. The molecule has 0 radical (unpaired) electrons. The third-order valence-electron chi connectivity index (χ3n) is 6.40. The van der Waals surface area contributed by atoms with E-state index in [9.17, 15) is 13.2 Å². The highest BCUT2D eigenvalue weighted by atomic mass is 19.4. The topological polar surface area (TPSA) is 90.8 Å². The van der Waals surface area contributed by atoms with E-state index in [2.05, 4.69) is 10.2 Å². The van der Waals surface area contributed by atoms with Gasteiger partial charge in [-0.15, -0.1) is 10.2 Å². The van der Waals surface area contributed by atoms with E-state index in [1.165, 1.54) is 17.2 Å². The van der Waals surface area contributed by atoms with Crippen LogP contribution in [0.5, 0.6) is 5.75 Å². The predicted molar refractivity (Wildman–Crippen MR) is 129 cm³/mol. The highest BCUT2D eigenvalue weighted by Gasteiger charge is 2.48. The molecule has 4 aromatic rings. The molecule has 0 unspecified atom stereocenters. The first-order chi connectivity index (χ1) is 17.1. The van der Waals surface area contributed by atoms with Crippen molar-refractivity contribution in [3.05, 3.63) is 54.2 Å². The van der Waals surface area contributed by atoms with Gasteiger partial charge in [-0.05, 0) is 43.2 Å². The van der Waals surface area contributed by atoms with E-state index < -0.39 is 17.8 Å². The minimum absolute atomic E-state index is 0.100. The molecular weight excluding hydrogens is 473 g/mol. The molecule has 1 aliphatic heterocycles. The summed E-state index contributed by atoms with van der Waals surface area (Å²) in [5.74, 6) is 0.994. The van der Waals surface area contributed by atoms with E-state index in [1.54, 1.807) is 36.6 Å². The van der Waals surface area contributed by atoms with Crippen LogP contribution in [-0.4, -0.2) is 69.6 Å². The van der Waals surface area contributed by atoms with Gasteiger partial charge in [0.2, 0.25) is 0 Å². The Morgan fingerprint density at radius 1 is 1.11 bits per heavy atom. The summed E-state index contributed by atoms with van der Waals surface area (Å²) in [6, 6.07) is 10.4. The van der Waals surface area contributed by atoms with Crippen LogP contribution in [0.15, 0.2) is 48.7 Å². The molecule has 0 saturated carbocycles. The molecule has 11 heteroatoms. The minimum atomic E-state index is -4.47. The van der Waals surface area contributed by atoms with Crippen molar-refractivity contribution in [2.75, 3.05) is 33.4 Å². The molecular formula is C25H27F3N6O2. The van der Waals surface area contributed by atoms with Crippen LogP contribution in [0.4, 0.5) is 13.2 Å². The first-order valence-corrected chi connectivity index (χ1v) is 11.6. The summed E-state index contributed by atoms with van der Waals surface area (Å²) in [7, 11) is 1.60. The van der Waals surface area contributed by atoms with E-state index >= 15 is 0 Å². The lowest BCUT2D eigenvalue weighted by Gasteiger charge is -2.31. The molecule has 1 aromatic carbocycles. The molecule has 8 nitrogen and oxygen atoms in total. The zero-order valence-electron chi connectivity index (χ0n) is 20.0. The Morgan fingerprint density at radius 2 is 1.92 bits per heavy atom. The van der Waals surface area contributed by atoms with Gasteiger partial charge in [0.05, 0.1) is 12.1 Å². The Balaban J connectivity index is 1.52. The van der Waals surface area contributed by atoms with Crippen molar-refractivity contribution in [3.8, 4) is 17.3 Å². The van der Waals surface area contributed by atoms with Crippen LogP contribution in [0.3, 0.4) is 0 Å². The number of benzene rings is 1. The van der Waals surface area contributed by atoms with Gasteiger partial charge in [-0.25, -0.2) is 4.98 Å². The van der Waals surface area contributed by atoms with E-state index in [4.69, 9.17) is 20.2 Å². The predicted octanol–water partition coefficient (Wildman–Crippen LogP) is 4.00. The van der Waals surface area contributed by atoms with Crippen LogP contribution in [-0.2, 0) is 4.74 Å². The maximum atomic E-state index is 14.2. The number of pyridine rings is 2. The lowest BCUT2D eigenvalue weighted by atomic mass is 10.0. The summed E-state index contributed by atoms with van der Waals surface area (Å²) in [6.45, 7) is 3.07. The zero-order chi connectivity index (χ0) is 25.5. The number of methoxy groups -OCH3 is 1. The van der Waals surface area contributed by atoms with Crippen molar-refractivity contribution >= 4 is 16.6 Å². The van der Waals surface area contributed by atoms with Crippen LogP contribution in [0.1, 0.15) is 24.9 Å². The van der Waals surface area contributed by atoms with Gasteiger partial charge in [-0.2, -0.15) is 13.2 Å². The maximum Gasteiger partial charge on any atom is 0.408 e. The van der Waals surface area contributed by atoms with Crippen molar-refractivity contribution in [1.82, 2.24) is 24.5 Å². The second kappa shape index (κ2) is 9.30. The van der Waals surface area contributed by atoms with Crippen LogP contribution in [0.2, 0.25) is 0 Å². The van der Waals surface area contributed by atoms with Gasteiger partial charge in [-0.3, -0.25) is 9.30 Å². The van der Waals surface area contributed by atoms with E-state index in [-0.39, 0.29) is 18.7 Å². The lowest BCUT2D eigenvalue weighted by Crippen LogP contribution is -2.43. The Bertz CT molecular complexity index is 1390. The average Bonchev–Trinajstić information content (AvgIpc) is 3.40. The normalized spacial score (nSPS) is 19.8. The van der Waals surface area contributed by atoms with Gasteiger partial charge in [0, 0.05) is 43.4 Å². The minimum Gasteiger partial charge on any atom is -0.491 e. The number of hydrogen-bond donors (Lipinski definition) is 1. The smallest absolute Gasteiger partial charge is 0.408 e. The van der Waals surface area contributed by atoms with Gasteiger partial charge in [0.25, 0.3) is 0 Å². The molecule has 4 heterocycles. The van der Waals surface area contributed by atoms with Gasteiger partial charge >= 0.3 is 6.18 Å². The second-order valence-electron chi connectivity index (χ2n) is 9.43. The van der Waals surface area contributed by atoms with E-state index in [1.807, 2.05) is 18.2 Å². The molecule has 1 saturated heterocycles. The molecule has 1 fully saturated rings. The van der Waals surface area contributed by atoms with Crippen molar-refractivity contribution in [1.29, 1.82) is 0 Å². The van der Waals surface area contributed by atoms with Crippen LogP contribution in [0.25, 0.3) is 28.1 Å². The van der Waals surface area contributed by atoms with Crippen molar-refractivity contribution in [2.45, 2.75) is 31.1 Å². The molecule has 0 aliphatic carbocycles. The molecule has 36 heavy (non-hydrogen) atoms. The number of nitrogens with zero attached hydrogens (tertiary/aromatic N) is 5. The fraction of sp³-hybridized carbons (Fsp3) is 0.400.